The molecule has 1 atom stereocenters. The number of rotatable bonds is 7. The van der Waals surface area contributed by atoms with E-state index in [9.17, 15) is 13.2 Å². The van der Waals surface area contributed by atoms with Crippen molar-refractivity contribution in [3.8, 4) is 0 Å². The fourth-order valence-electron chi connectivity index (χ4n) is 3.47. The Hall–Kier alpha value is -2.13. The Kier molecular flexibility index (Phi) is 7.71. The van der Waals surface area contributed by atoms with E-state index in [-0.39, 0.29) is 6.04 Å². The highest BCUT2D eigenvalue weighted by Crippen LogP contribution is 2.29. The van der Waals surface area contributed by atoms with Crippen molar-refractivity contribution >= 4 is 17.3 Å². The summed E-state index contributed by atoms with van der Waals surface area (Å²) < 4.78 is 38.1. The highest BCUT2D eigenvalue weighted by atomic mass is 32.1. The fourth-order valence-corrected chi connectivity index (χ4v) is 4.12. The number of aryl methyl sites for hydroxylation is 1. The fraction of sp³-hybridized carbons (Fsp3) is 0.524. The third kappa shape index (κ3) is 6.70. The monoisotopic (exact) mass is 439 g/mol. The van der Waals surface area contributed by atoms with Crippen LogP contribution in [-0.2, 0) is 19.1 Å². The zero-order valence-electron chi connectivity index (χ0n) is 17.3. The summed E-state index contributed by atoms with van der Waals surface area (Å²) in [7, 11) is 0. The molecule has 1 unspecified atom stereocenters. The average molecular weight is 440 g/mol. The molecular formula is C21H28F3N5S. The normalized spacial score (nSPS) is 18.0. The van der Waals surface area contributed by atoms with E-state index in [4.69, 9.17) is 0 Å². The molecule has 0 aliphatic carbocycles. The molecule has 0 amide bonds. The first-order chi connectivity index (χ1) is 14.3. The highest BCUT2D eigenvalue weighted by molar-refractivity contribution is 7.09. The van der Waals surface area contributed by atoms with Gasteiger partial charge in [0.1, 0.15) is 0 Å². The molecule has 30 heavy (non-hydrogen) atoms. The summed E-state index contributed by atoms with van der Waals surface area (Å²) in [5.41, 5.74) is 1.36. The minimum atomic E-state index is -4.29. The summed E-state index contributed by atoms with van der Waals surface area (Å²) in [4.78, 5) is 11.4. The van der Waals surface area contributed by atoms with Crippen LogP contribution in [-0.4, -0.2) is 48.1 Å². The number of hydrogen-bond donors (Lipinski definition) is 2. The Bertz CT molecular complexity index is 832. The number of benzene rings is 1. The summed E-state index contributed by atoms with van der Waals surface area (Å²) in [6.45, 7) is 7.86. The van der Waals surface area contributed by atoms with E-state index >= 15 is 0 Å². The van der Waals surface area contributed by atoms with Crippen molar-refractivity contribution < 1.29 is 13.2 Å². The number of aliphatic imine (C=N–C) groups is 1. The SMILES string of the molecule is CCNC(=NCCc1csc(C)n1)NC1CCN(Cc2ccc(C(F)(F)F)cc2)C1. The molecule has 9 heteroatoms. The standard InChI is InChI=1S/C21H28F3N5S/c1-3-25-20(26-10-8-19-14-30-15(2)27-19)28-18-9-11-29(13-18)12-16-4-6-17(7-5-16)21(22,23)24/h4-7,14,18H,3,8-13H2,1-2H3,(H2,25,26,28). The second kappa shape index (κ2) is 10.3. The molecule has 2 N–H and O–H groups in total. The van der Waals surface area contributed by atoms with Gasteiger partial charge in [0.15, 0.2) is 5.96 Å². The average Bonchev–Trinajstić information content (AvgIpc) is 3.30. The lowest BCUT2D eigenvalue weighted by molar-refractivity contribution is -0.137. The van der Waals surface area contributed by atoms with Gasteiger partial charge in [-0.2, -0.15) is 13.2 Å². The predicted molar refractivity (Wildman–Crippen MR) is 115 cm³/mol. The Morgan fingerprint density at radius 3 is 2.70 bits per heavy atom. The van der Waals surface area contributed by atoms with E-state index in [1.165, 1.54) is 0 Å². The van der Waals surface area contributed by atoms with Crippen molar-refractivity contribution in [2.24, 2.45) is 4.99 Å². The maximum atomic E-state index is 12.7. The lowest BCUT2D eigenvalue weighted by Crippen LogP contribution is -2.44. The maximum absolute atomic E-state index is 12.7. The highest BCUT2D eigenvalue weighted by Gasteiger charge is 2.30. The smallest absolute Gasteiger partial charge is 0.357 e. The second-order valence-electron chi connectivity index (χ2n) is 7.43. The van der Waals surface area contributed by atoms with Crippen LogP contribution in [0.1, 0.15) is 35.2 Å². The van der Waals surface area contributed by atoms with E-state index in [1.54, 1.807) is 23.5 Å². The third-order valence-corrected chi connectivity index (χ3v) is 5.77. The molecule has 1 aromatic carbocycles. The zero-order valence-corrected chi connectivity index (χ0v) is 18.1. The summed E-state index contributed by atoms with van der Waals surface area (Å²) in [6.07, 6.45) is -2.51. The van der Waals surface area contributed by atoms with Gasteiger partial charge in [0.05, 0.1) is 16.3 Å². The van der Waals surface area contributed by atoms with Crippen LogP contribution in [0, 0.1) is 6.92 Å². The van der Waals surface area contributed by atoms with Crippen molar-refractivity contribution in [2.75, 3.05) is 26.2 Å². The van der Waals surface area contributed by atoms with Crippen LogP contribution in [0.25, 0.3) is 0 Å². The lowest BCUT2D eigenvalue weighted by atomic mass is 10.1. The molecule has 0 saturated carbocycles. The molecular weight excluding hydrogens is 411 g/mol. The first kappa shape index (κ1) is 22.6. The predicted octanol–water partition coefficient (Wildman–Crippen LogP) is 3.84. The van der Waals surface area contributed by atoms with Gasteiger partial charge in [0, 0.05) is 50.6 Å². The van der Waals surface area contributed by atoms with Gasteiger partial charge in [0.2, 0.25) is 0 Å². The number of alkyl halides is 3. The molecule has 1 aliphatic rings. The molecule has 0 spiro atoms. The van der Waals surface area contributed by atoms with Crippen molar-refractivity contribution in [2.45, 2.75) is 45.5 Å². The molecule has 2 heterocycles. The number of halogens is 3. The van der Waals surface area contributed by atoms with Gasteiger partial charge in [-0.3, -0.25) is 9.89 Å². The number of likely N-dealkylation sites (tertiary alicyclic amines) is 1. The summed E-state index contributed by atoms with van der Waals surface area (Å²) >= 11 is 1.65. The van der Waals surface area contributed by atoms with E-state index in [2.05, 4.69) is 30.9 Å². The molecule has 3 rings (SSSR count). The lowest BCUT2D eigenvalue weighted by Gasteiger charge is -2.19. The van der Waals surface area contributed by atoms with Gasteiger partial charge in [-0.1, -0.05) is 12.1 Å². The Morgan fingerprint density at radius 1 is 1.30 bits per heavy atom. The first-order valence-electron chi connectivity index (χ1n) is 10.2. The molecule has 0 radical (unpaired) electrons. The Morgan fingerprint density at radius 2 is 2.07 bits per heavy atom. The number of guanidine groups is 1. The number of nitrogens with one attached hydrogen (secondary N) is 2. The minimum absolute atomic E-state index is 0.263. The van der Waals surface area contributed by atoms with E-state index in [1.807, 2.05) is 13.8 Å². The summed E-state index contributed by atoms with van der Waals surface area (Å²) in [6, 6.07) is 5.70. The number of thiazole rings is 1. The Balaban J connectivity index is 1.48. The van der Waals surface area contributed by atoms with Gasteiger partial charge in [-0.15, -0.1) is 11.3 Å². The quantitative estimate of drug-likeness (QED) is 0.508. The van der Waals surface area contributed by atoms with E-state index in [0.717, 1.165) is 66.8 Å². The molecule has 0 bridgehead atoms. The number of nitrogens with zero attached hydrogens (tertiary/aromatic N) is 3. The van der Waals surface area contributed by atoms with Crippen molar-refractivity contribution in [1.82, 2.24) is 20.5 Å². The van der Waals surface area contributed by atoms with Crippen molar-refractivity contribution in [3.05, 3.63) is 51.5 Å². The van der Waals surface area contributed by atoms with E-state index in [0.29, 0.717) is 13.1 Å². The van der Waals surface area contributed by atoms with Crippen molar-refractivity contribution in [1.29, 1.82) is 0 Å². The van der Waals surface area contributed by atoms with Gasteiger partial charge in [0.25, 0.3) is 0 Å². The largest absolute Gasteiger partial charge is 0.416 e. The van der Waals surface area contributed by atoms with Crippen molar-refractivity contribution in [3.63, 3.8) is 0 Å². The van der Waals surface area contributed by atoms with E-state index < -0.39 is 11.7 Å². The first-order valence-corrected chi connectivity index (χ1v) is 11.1. The molecule has 1 aliphatic heterocycles. The molecule has 5 nitrogen and oxygen atoms in total. The van der Waals surface area contributed by atoms with Gasteiger partial charge in [-0.25, -0.2) is 4.98 Å². The van der Waals surface area contributed by atoms with Crippen LogP contribution in [0.2, 0.25) is 0 Å². The van der Waals surface area contributed by atoms with Crippen LogP contribution in [0.3, 0.4) is 0 Å². The number of hydrogen-bond acceptors (Lipinski definition) is 4. The zero-order chi connectivity index (χ0) is 21.6. The number of aromatic nitrogens is 1. The molecule has 2 aromatic rings. The molecule has 1 fully saturated rings. The van der Waals surface area contributed by atoms with Gasteiger partial charge >= 0.3 is 6.18 Å². The van der Waals surface area contributed by atoms with Crippen LogP contribution >= 0.6 is 11.3 Å². The molecule has 1 saturated heterocycles. The summed E-state index contributed by atoms with van der Waals surface area (Å²) in [5, 5.41) is 9.90. The van der Waals surface area contributed by atoms with Crippen LogP contribution < -0.4 is 10.6 Å². The topological polar surface area (TPSA) is 52.6 Å². The van der Waals surface area contributed by atoms with Crippen LogP contribution in [0.5, 0.6) is 0 Å². The summed E-state index contributed by atoms with van der Waals surface area (Å²) in [5.74, 6) is 0.797. The molecule has 1 aromatic heterocycles. The van der Waals surface area contributed by atoms with Crippen LogP contribution in [0.15, 0.2) is 34.6 Å². The van der Waals surface area contributed by atoms with Gasteiger partial charge < -0.3 is 10.6 Å². The second-order valence-corrected chi connectivity index (χ2v) is 8.49. The van der Waals surface area contributed by atoms with Gasteiger partial charge in [-0.05, 0) is 38.0 Å². The maximum Gasteiger partial charge on any atom is 0.416 e. The Labute approximate surface area is 179 Å². The minimum Gasteiger partial charge on any atom is -0.357 e. The molecule has 164 valence electrons. The van der Waals surface area contributed by atoms with Crippen LogP contribution in [0.4, 0.5) is 13.2 Å². The third-order valence-electron chi connectivity index (χ3n) is 4.95.